The molecule has 1 N–H and O–H groups in total. The van der Waals surface area contributed by atoms with Gasteiger partial charge in [-0.15, -0.1) is 0 Å². The average Bonchev–Trinajstić information content (AvgIpc) is 2.72. The molecule has 1 radical (unpaired) electrons. The van der Waals surface area contributed by atoms with Crippen molar-refractivity contribution < 1.29 is 14.7 Å². The minimum absolute atomic E-state index is 0. The Morgan fingerprint density at radius 1 is 0.857 bits per heavy atom. The molecule has 0 bridgehead atoms. The van der Waals surface area contributed by atoms with Gasteiger partial charge in [-0.1, -0.05) is 52.3 Å². The fraction of sp³-hybridized carbons (Fsp3) is 0. The Hall–Kier alpha value is -1.20. The van der Waals surface area contributed by atoms with Gasteiger partial charge in [0, 0.05) is 50.7 Å². The summed E-state index contributed by atoms with van der Waals surface area (Å²) in [6.07, 6.45) is 0. The van der Waals surface area contributed by atoms with Crippen molar-refractivity contribution in [3.05, 3.63) is 75.3 Å². The molecular weight excluding hydrogens is 343 g/mol. The number of rotatable bonds is 1. The fourth-order valence-corrected chi connectivity index (χ4v) is 2.48. The Labute approximate surface area is 152 Å². The third-order valence-corrected chi connectivity index (χ3v) is 3.75. The van der Waals surface area contributed by atoms with Gasteiger partial charge in [-0.2, -0.15) is 0 Å². The van der Waals surface area contributed by atoms with E-state index in [1.165, 1.54) is 0 Å². The molecule has 0 saturated heterocycles. The molecule has 2 aromatic rings. The van der Waals surface area contributed by atoms with Gasteiger partial charge >= 0.3 is 0 Å². The molecule has 0 aliphatic heterocycles. The molecular formula is C16H9BrNaO3. The first kappa shape index (κ1) is 16.2. The SMILES string of the molecule is O=C1C(=C(O)c2ccc(Br)cc2)C(=O)c2ccccc21.[Na]. The molecule has 2 aromatic carbocycles. The monoisotopic (exact) mass is 351 g/mol. The first-order valence-electron chi connectivity index (χ1n) is 5.97. The molecule has 3 nitrogen and oxygen atoms in total. The van der Waals surface area contributed by atoms with Crippen LogP contribution in [0.4, 0.5) is 0 Å². The van der Waals surface area contributed by atoms with Crippen molar-refractivity contribution in [2.75, 3.05) is 0 Å². The maximum absolute atomic E-state index is 12.2. The van der Waals surface area contributed by atoms with Crippen LogP contribution in [0.2, 0.25) is 0 Å². The molecule has 0 atom stereocenters. The van der Waals surface area contributed by atoms with Gasteiger partial charge < -0.3 is 5.11 Å². The summed E-state index contributed by atoms with van der Waals surface area (Å²) < 4.78 is 0.853. The molecule has 0 heterocycles. The van der Waals surface area contributed by atoms with Crippen LogP contribution in [0.3, 0.4) is 0 Å². The largest absolute Gasteiger partial charge is 0.506 e. The summed E-state index contributed by atoms with van der Waals surface area (Å²) in [5, 5.41) is 10.2. The fourth-order valence-electron chi connectivity index (χ4n) is 2.22. The number of ketones is 2. The standard InChI is InChI=1S/C16H9BrO3.Na/c17-10-7-5-9(6-8-10)14(18)13-15(19)11-3-1-2-4-12(11)16(13)20;/h1-8,18H;. The molecule has 21 heavy (non-hydrogen) atoms. The van der Waals surface area contributed by atoms with Crippen LogP contribution in [-0.2, 0) is 0 Å². The van der Waals surface area contributed by atoms with Gasteiger partial charge in [0.1, 0.15) is 11.3 Å². The Morgan fingerprint density at radius 2 is 1.33 bits per heavy atom. The van der Waals surface area contributed by atoms with E-state index in [0.29, 0.717) is 16.7 Å². The summed E-state index contributed by atoms with van der Waals surface area (Å²) in [4.78, 5) is 24.5. The van der Waals surface area contributed by atoms with E-state index < -0.39 is 11.6 Å². The number of aliphatic hydroxyl groups is 1. The van der Waals surface area contributed by atoms with Gasteiger partial charge in [0.05, 0.1) is 0 Å². The second-order valence-corrected chi connectivity index (χ2v) is 5.35. The molecule has 0 fully saturated rings. The second kappa shape index (κ2) is 6.28. The smallest absolute Gasteiger partial charge is 0.201 e. The third kappa shape index (κ3) is 2.77. The van der Waals surface area contributed by atoms with Crippen LogP contribution in [0.1, 0.15) is 26.3 Å². The zero-order chi connectivity index (χ0) is 14.3. The normalized spacial score (nSPS) is 12.9. The van der Waals surface area contributed by atoms with Gasteiger partial charge in [0.2, 0.25) is 11.6 Å². The van der Waals surface area contributed by atoms with E-state index in [1.807, 2.05) is 0 Å². The summed E-state index contributed by atoms with van der Waals surface area (Å²) >= 11 is 3.29. The maximum atomic E-state index is 12.2. The van der Waals surface area contributed by atoms with Crippen molar-refractivity contribution in [2.45, 2.75) is 0 Å². The number of carbonyl (C=O) groups excluding carboxylic acids is 2. The molecule has 99 valence electrons. The Kier molecular flexibility index (Phi) is 4.84. The van der Waals surface area contributed by atoms with E-state index in [2.05, 4.69) is 15.9 Å². The molecule has 3 rings (SSSR count). The van der Waals surface area contributed by atoms with Crippen LogP contribution in [0.25, 0.3) is 5.76 Å². The van der Waals surface area contributed by atoms with Gasteiger partial charge in [-0.25, -0.2) is 0 Å². The van der Waals surface area contributed by atoms with E-state index in [0.717, 1.165) is 4.47 Å². The van der Waals surface area contributed by atoms with Crippen molar-refractivity contribution in [1.29, 1.82) is 0 Å². The van der Waals surface area contributed by atoms with E-state index in [4.69, 9.17) is 0 Å². The molecule has 1 aliphatic carbocycles. The quantitative estimate of drug-likeness (QED) is 0.370. The maximum Gasteiger partial charge on any atom is 0.201 e. The van der Waals surface area contributed by atoms with Gasteiger partial charge in [0.15, 0.2) is 0 Å². The first-order chi connectivity index (χ1) is 9.59. The van der Waals surface area contributed by atoms with Crippen LogP contribution >= 0.6 is 15.9 Å². The van der Waals surface area contributed by atoms with Crippen LogP contribution in [0.15, 0.2) is 58.6 Å². The van der Waals surface area contributed by atoms with Crippen LogP contribution in [-0.4, -0.2) is 46.2 Å². The number of aliphatic hydroxyl groups excluding tert-OH is 1. The zero-order valence-corrected chi connectivity index (χ0v) is 14.8. The molecule has 0 aromatic heterocycles. The number of halogens is 1. The predicted molar refractivity (Wildman–Crippen MR) is 84.5 cm³/mol. The number of Topliss-reactive ketones (excluding diaryl/α,β-unsaturated/α-hetero) is 2. The molecule has 0 spiro atoms. The zero-order valence-electron chi connectivity index (χ0n) is 11.3. The van der Waals surface area contributed by atoms with Crippen LogP contribution in [0, 0.1) is 0 Å². The molecule has 1 aliphatic rings. The second-order valence-electron chi connectivity index (χ2n) is 4.43. The summed E-state index contributed by atoms with van der Waals surface area (Å²) in [6, 6.07) is 13.4. The van der Waals surface area contributed by atoms with Crippen molar-refractivity contribution in [1.82, 2.24) is 0 Å². The van der Waals surface area contributed by atoms with Gasteiger partial charge in [-0.05, 0) is 12.1 Å². The average molecular weight is 352 g/mol. The van der Waals surface area contributed by atoms with Crippen LogP contribution in [0.5, 0.6) is 0 Å². The third-order valence-electron chi connectivity index (χ3n) is 3.22. The van der Waals surface area contributed by atoms with Crippen molar-refractivity contribution >= 4 is 62.8 Å². The summed E-state index contributed by atoms with van der Waals surface area (Å²) in [5.74, 6) is -1.12. The minimum Gasteiger partial charge on any atom is -0.506 e. The Balaban J connectivity index is 0.00000161. The number of benzene rings is 2. The van der Waals surface area contributed by atoms with E-state index >= 15 is 0 Å². The number of fused-ring (bicyclic) bond motifs is 1. The van der Waals surface area contributed by atoms with E-state index in [9.17, 15) is 14.7 Å². The summed E-state index contributed by atoms with van der Waals surface area (Å²) in [5.41, 5.74) is 0.971. The summed E-state index contributed by atoms with van der Waals surface area (Å²) in [6.45, 7) is 0. The van der Waals surface area contributed by atoms with Crippen LogP contribution < -0.4 is 0 Å². The number of carbonyl (C=O) groups is 2. The molecule has 5 heteroatoms. The van der Waals surface area contributed by atoms with E-state index in [1.54, 1.807) is 48.5 Å². The number of hydrogen-bond donors (Lipinski definition) is 1. The van der Waals surface area contributed by atoms with Gasteiger partial charge in [-0.3, -0.25) is 9.59 Å². The van der Waals surface area contributed by atoms with Crippen molar-refractivity contribution in [3.63, 3.8) is 0 Å². The molecule has 0 saturated carbocycles. The minimum atomic E-state index is -0.425. The molecule has 0 amide bonds. The molecule has 0 unspecified atom stereocenters. The number of allylic oxidation sites excluding steroid dienone is 1. The van der Waals surface area contributed by atoms with Crippen molar-refractivity contribution in [2.24, 2.45) is 0 Å². The first-order valence-corrected chi connectivity index (χ1v) is 6.76. The Morgan fingerprint density at radius 3 is 1.81 bits per heavy atom. The number of hydrogen-bond acceptors (Lipinski definition) is 3. The topological polar surface area (TPSA) is 54.4 Å². The van der Waals surface area contributed by atoms with Gasteiger partial charge in [0.25, 0.3) is 0 Å². The van der Waals surface area contributed by atoms with E-state index in [-0.39, 0.29) is 40.9 Å². The Bertz CT molecular complexity index is 726. The predicted octanol–water partition coefficient (Wildman–Crippen LogP) is 3.42. The van der Waals surface area contributed by atoms with Crippen molar-refractivity contribution in [3.8, 4) is 0 Å². The summed E-state index contributed by atoms with van der Waals surface area (Å²) in [7, 11) is 0.